The Morgan fingerprint density at radius 2 is 1.50 bits per heavy atom. The highest BCUT2D eigenvalue weighted by atomic mass is 31.2. The van der Waals surface area contributed by atoms with Crippen LogP contribution in [0.2, 0.25) is 0 Å². The van der Waals surface area contributed by atoms with E-state index < -0.39 is 54.6 Å². The Hall–Kier alpha value is -2.69. The summed E-state index contributed by atoms with van der Waals surface area (Å²) in [5.74, 6) is -14.7. The number of halogens is 5. The van der Waals surface area contributed by atoms with Crippen LogP contribution in [-0.4, -0.2) is 31.8 Å². The standard InChI is InChI=1S/C21H23F5NO6P/c1-3-4-10-30-11-12-31-21(28)13(2)27-34(29,32-14-8-6-5-7-9-14)33-20-18(25)16(23)15(22)17(24)19(20)26/h5-9,13H,3-4,10-12H2,1-2H3,(H,27,29)/t13-,34?/m0/s1. The number of ether oxygens (including phenoxy) is 2. The number of rotatable bonds is 13. The fraction of sp³-hybridized carbons (Fsp3) is 0.381. The smallest absolute Gasteiger partial charge is 0.462 e. The van der Waals surface area contributed by atoms with Crippen molar-refractivity contribution in [2.24, 2.45) is 0 Å². The summed E-state index contributed by atoms with van der Waals surface area (Å²) < 4.78 is 102. The van der Waals surface area contributed by atoms with Crippen LogP contribution in [0.25, 0.3) is 0 Å². The molecule has 0 amide bonds. The predicted molar refractivity (Wildman–Crippen MR) is 111 cm³/mol. The average Bonchev–Trinajstić information content (AvgIpc) is 2.82. The lowest BCUT2D eigenvalue weighted by Gasteiger charge is -2.23. The maximum absolute atomic E-state index is 14.1. The van der Waals surface area contributed by atoms with Crippen LogP contribution in [0.15, 0.2) is 30.3 Å². The molecule has 0 heterocycles. The van der Waals surface area contributed by atoms with Crippen molar-refractivity contribution in [3.8, 4) is 11.5 Å². The van der Waals surface area contributed by atoms with E-state index in [1.165, 1.54) is 31.2 Å². The third kappa shape index (κ3) is 7.41. The van der Waals surface area contributed by atoms with Gasteiger partial charge in [-0.3, -0.25) is 4.79 Å². The molecule has 0 radical (unpaired) electrons. The van der Waals surface area contributed by atoms with E-state index in [4.69, 9.17) is 14.0 Å². The second-order valence-corrected chi connectivity index (χ2v) is 8.49. The van der Waals surface area contributed by atoms with Crippen molar-refractivity contribution in [2.75, 3.05) is 19.8 Å². The number of benzene rings is 2. The quantitative estimate of drug-likeness (QED) is 0.0978. The summed E-state index contributed by atoms with van der Waals surface area (Å²) in [5, 5.41) is 2.08. The molecule has 0 fully saturated rings. The summed E-state index contributed by atoms with van der Waals surface area (Å²) in [6.07, 6.45) is 1.74. The third-order valence-corrected chi connectivity index (χ3v) is 5.75. The molecule has 0 aliphatic rings. The van der Waals surface area contributed by atoms with Gasteiger partial charge >= 0.3 is 13.7 Å². The fourth-order valence-corrected chi connectivity index (χ4v) is 3.96. The van der Waals surface area contributed by atoms with Crippen molar-refractivity contribution in [2.45, 2.75) is 32.7 Å². The van der Waals surface area contributed by atoms with Crippen molar-refractivity contribution in [3.05, 3.63) is 59.4 Å². The van der Waals surface area contributed by atoms with Crippen molar-refractivity contribution in [3.63, 3.8) is 0 Å². The van der Waals surface area contributed by atoms with Crippen LogP contribution in [0.5, 0.6) is 11.5 Å². The lowest BCUT2D eigenvalue weighted by Crippen LogP contribution is -2.36. The molecule has 2 aromatic rings. The number of unbranched alkanes of at least 4 members (excludes halogenated alkanes) is 1. The van der Waals surface area contributed by atoms with E-state index in [9.17, 15) is 31.3 Å². The lowest BCUT2D eigenvalue weighted by atomic mass is 10.3. The molecule has 1 N–H and O–H groups in total. The molecule has 7 nitrogen and oxygen atoms in total. The summed E-state index contributed by atoms with van der Waals surface area (Å²) in [4.78, 5) is 12.2. The van der Waals surface area contributed by atoms with E-state index >= 15 is 0 Å². The lowest BCUT2D eigenvalue weighted by molar-refractivity contribution is -0.146. The van der Waals surface area contributed by atoms with Gasteiger partial charge in [-0.05, 0) is 25.5 Å². The van der Waals surface area contributed by atoms with Crippen LogP contribution >= 0.6 is 7.75 Å². The molecule has 0 bridgehead atoms. The summed E-state index contributed by atoms with van der Waals surface area (Å²) in [6, 6.07) is 5.60. The largest absolute Gasteiger partial charge is 0.513 e. The Labute approximate surface area is 192 Å². The Kier molecular flexibility index (Phi) is 10.3. The van der Waals surface area contributed by atoms with E-state index in [0.717, 1.165) is 12.8 Å². The number of carbonyl (C=O) groups is 1. The first kappa shape index (κ1) is 27.6. The summed E-state index contributed by atoms with van der Waals surface area (Å²) in [7, 11) is -4.95. The Bertz CT molecular complexity index is 997. The summed E-state index contributed by atoms with van der Waals surface area (Å²) in [5.41, 5.74) is 0. The number of esters is 1. The zero-order valence-corrected chi connectivity index (χ0v) is 19.2. The Morgan fingerprint density at radius 3 is 2.09 bits per heavy atom. The first-order chi connectivity index (χ1) is 16.1. The molecule has 0 aliphatic heterocycles. The van der Waals surface area contributed by atoms with Gasteiger partial charge in [0, 0.05) is 6.61 Å². The van der Waals surface area contributed by atoms with Crippen LogP contribution < -0.4 is 14.1 Å². The monoisotopic (exact) mass is 511 g/mol. The van der Waals surface area contributed by atoms with Crippen molar-refractivity contribution in [1.29, 1.82) is 0 Å². The SMILES string of the molecule is CCCCOCCOC(=O)[C@H](C)NP(=O)(Oc1ccccc1)Oc1c(F)c(F)c(F)c(F)c1F. The minimum absolute atomic E-state index is 0.0949. The zero-order valence-electron chi connectivity index (χ0n) is 18.3. The molecule has 2 aromatic carbocycles. The van der Waals surface area contributed by atoms with Gasteiger partial charge in [0.25, 0.3) is 0 Å². The fourth-order valence-electron chi connectivity index (χ4n) is 2.44. The maximum atomic E-state index is 14.1. The van der Waals surface area contributed by atoms with Gasteiger partial charge < -0.3 is 18.5 Å². The Balaban J connectivity index is 2.22. The van der Waals surface area contributed by atoms with Gasteiger partial charge in [-0.25, -0.2) is 17.7 Å². The van der Waals surface area contributed by atoms with Gasteiger partial charge in [0.1, 0.15) is 18.4 Å². The first-order valence-electron chi connectivity index (χ1n) is 10.2. The molecule has 0 saturated carbocycles. The number of carbonyl (C=O) groups excluding carboxylic acids is 1. The normalized spacial score (nSPS) is 13.7. The molecule has 2 rings (SSSR count). The molecule has 0 aromatic heterocycles. The molecule has 2 atom stereocenters. The van der Waals surface area contributed by atoms with E-state index in [1.807, 2.05) is 6.92 Å². The minimum atomic E-state index is -4.95. The molecule has 1 unspecified atom stereocenters. The first-order valence-corrected chi connectivity index (χ1v) is 11.7. The van der Waals surface area contributed by atoms with Crippen LogP contribution in [0.1, 0.15) is 26.7 Å². The van der Waals surface area contributed by atoms with Gasteiger partial charge in [-0.1, -0.05) is 31.5 Å². The summed E-state index contributed by atoms with van der Waals surface area (Å²) >= 11 is 0. The molecule has 188 valence electrons. The van der Waals surface area contributed by atoms with Crippen LogP contribution in [0.3, 0.4) is 0 Å². The van der Waals surface area contributed by atoms with E-state index in [1.54, 1.807) is 6.07 Å². The highest BCUT2D eigenvalue weighted by Crippen LogP contribution is 2.47. The van der Waals surface area contributed by atoms with E-state index in [-0.39, 0.29) is 19.0 Å². The Morgan fingerprint density at radius 1 is 0.912 bits per heavy atom. The molecular formula is C21H23F5NO6P. The number of hydrogen-bond acceptors (Lipinski definition) is 6. The predicted octanol–water partition coefficient (Wildman–Crippen LogP) is 5.29. The molecule has 0 saturated heterocycles. The van der Waals surface area contributed by atoms with Gasteiger partial charge in [-0.15, -0.1) is 0 Å². The van der Waals surface area contributed by atoms with Gasteiger partial charge in [0.15, 0.2) is 0 Å². The number of hydrogen-bond donors (Lipinski definition) is 1. The molecular weight excluding hydrogens is 488 g/mol. The van der Waals surface area contributed by atoms with Crippen molar-refractivity contribution >= 4 is 13.7 Å². The van der Waals surface area contributed by atoms with E-state index in [0.29, 0.717) is 6.61 Å². The van der Waals surface area contributed by atoms with Crippen molar-refractivity contribution < 1.29 is 49.8 Å². The highest BCUT2D eigenvalue weighted by molar-refractivity contribution is 7.52. The molecule has 34 heavy (non-hydrogen) atoms. The topological polar surface area (TPSA) is 83.1 Å². The van der Waals surface area contributed by atoms with Crippen LogP contribution in [-0.2, 0) is 18.8 Å². The van der Waals surface area contributed by atoms with Crippen molar-refractivity contribution in [1.82, 2.24) is 5.09 Å². The molecule has 0 spiro atoms. The third-order valence-electron chi connectivity index (χ3n) is 4.17. The summed E-state index contributed by atoms with van der Waals surface area (Å²) in [6.45, 7) is 3.57. The zero-order chi connectivity index (χ0) is 25.3. The molecule has 13 heteroatoms. The molecule has 0 aliphatic carbocycles. The second-order valence-electron chi connectivity index (χ2n) is 6.88. The van der Waals surface area contributed by atoms with Gasteiger partial charge in [-0.2, -0.15) is 13.9 Å². The number of nitrogens with one attached hydrogen (secondary N) is 1. The highest BCUT2D eigenvalue weighted by Gasteiger charge is 2.38. The van der Waals surface area contributed by atoms with Crippen LogP contribution in [0.4, 0.5) is 22.0 Å². The van der Waals surface area contributed by atoms with Crippen LogP contribution in [0, 0.1) is 29.1 Å². The van der Waals surface area contributed by atoms with E-state index in [2.05, 4.69) is 9.61 Å². The average molecular weight is 511 g/mol. The minimum Gasteiger partial charge on any atom is -0.462 e. The van der Waals surface area contributed by atoms with Gasteiger partial charge in [0.2, 0.25) is 34.8 Å². The maximum Gasteiger partial charge on any atom is 0.513 e. The van der Waals surface area contributed by atoms with Gasteiger partial charge in [0.05, 0.1) is 6.61 Å². The number of para-hydroxylation sites is 1. The second kappa shape index (κ2) is 12.7.